The summed E-state index contributed by atoms with van der Waals surface area (Å²) < 4.78 is 45.9. The molecule has 194 valence electrons. The first-order valence-corrected chi connectivity index (χ1v) is 13.5. The van der Waals surface area contributed by atoms with Gasteiger partial charge in [-0.15, -0.1) is 0 Å². The van der Waals surface area contributed by atoms with Crippen LogP contribution in [0.1, 0.15) is 36.2 Å². The number of nitrogens with one attached hydrogen (secondary N) is 1. The molecule has 1 fully saturated rings. The second-order valence-electron chi connectivity index (χ2n) is 9.60. The van der Waals surface area contributed by atoms with Crippen molar-refractivity contribution in [2.75, 3.05) is 35.6 Å². The molecule has 0 unspecified atom stereocenters. The molecule has 0 bridgehead atoms. The third-order valence-corrected chi connectivity index (χ3v) is 6.94. The molecule has 1 aromatic heterocycles. The van der Waals surface area contributed by atoms with Crippen molar-refractivity contribution in [1.29, 1.82) is 5.26 Å². The highest BCUT2D eigenvalue weighted by atomic mass is 32.2. The molecule has 0 aliphatic carbocycles. The summed E-state index contributed by atoms with van der Waals surface area (Å²) in [5.41, 5.74) is 2.04. The molecule has 9 nitrogen and oxygen atoms in total. The first kappa shape index (κ1) is 26.3. The van der Waals surface area contributed by atoms with Gasteiger partial charge in [-0.25, -0.2) is 22.8 Å². The van der Waals surface area contributed by atoms with Crippen molar-refractivity contribution in [3.05, 3.63) is 76.9 Å². The molecule has 0 atom stereocenters. The highest BCUT2D eigenvalue weighted by Gasteiger charge is 2.32. The number of sulfonamides is 1. The van der Waals surface area contributed by atoms with Crippen molar-refractivity contribution < 1.29 is 22.7 Å². The lowest BCUT2D eigenvalue weighted by molar-refractivity contribution is 0.200. The molecule has 1 saturated heterocycles. The predicted molar refractivity (Wildman–Crippen MR) is 137 cm³/mol. The number of aromatic nitrogens is 2. The molecule has 2 aromatic carbocycles. The molecule has 1 aliphatic rings. The topological polar surface area (TPSA) is 128 Å². The number of benzene rings is 2. The van der Waals surface area contributed by atoms with Crippen LogP contribution in [0.2, 0.25) is 0 Å². The molecule has 37 heavy (non-hydrogen) atoms. The SMILES string of the molecule is CC(C)(c1ccc(OCc2ccnc(NS(C)(=O)=O)n2)cc1)c1cc(F)c(N2CC(CO)C2)c(C#N)c1. The summed E-state index contributed by atoms with van der Waals surface area (Å²) in [5, 5.41) is 19.0. The van der Waals surface area contributed by atoms with Crippen molar-refractivity contribution in [3.63, 3.8) is 0 Å². The Morgan fingerprint density at radius 3 is 2.54 bits per heavy atom. The van der Waals surface area contributed by atoms with Gasteiger partial charge in [0, 0.05) is 37.2 Å². The van der Waals surface area contributed by atoms with Crippen molar-refractivity contribution >= 4 is 21.7 Å². The van der Waals surface area contributed by atoms with E-state index in [2.05, 4.69) is 20.8 Å². The van der Waals surface area contributed by atoms with Crippen LogP contribution < -0.4 is 14.4 Å². The molecular weight excluding hydrogens is 497 g/mol. The summed E-state index contributed by atoms with van der Waals surface area (Å²) in [5.74, 6) is 0.195. The number of halogens is 1. The predicted octanol–water partition coefficient (Wildman–Crippen LogP) is 3.19. The van der Waals surface area contributed by atoms with Gasteiger partial charge in [0.2, 0.25) is 16.0 Å². The minimum absolute atomic E-state index is 0.0296. The fraction of sp³-hybridized carbons (Fsp3) is 0.346. The molecule has 2 heterocycles. The smallest absolute Gasteiger partial charge is 0.236 e. The highest BCUT2D eigenvalue weighted by Crippen LogP contribution is 2.38. The van der Waals surface area contributed by atoms with Crippen LogP contribution in [0.4, 0.5) is 16.0 Å². The Morgan fingerprint density at radius 1 is 1.22 bits per heavy atom. The lowest BCUT2D eigenvalue weighted by Gasteiger charge is -2.41. The molecule has 0 saturated carbocycles. The maximum atomic E-state index is 15.2. The Morgan fingerprint density at radius 2 is 1.92 bits per heavy atom. The zero-order chi connectivity index (χ0) is 26.8. The number of rotatable bonds is 9. The van der Waals surface area contributed by atoms with Gasteiger partial charge >= 0.3 is 0 Å². The van der Waals surface area contributed by atoms with Crippen molar-refractivity contribution in [2.24, 2.45) is 5.92 Å². The van der Waals surface area contributed by atoms with Crippen LogP contribution in [0.15, 0.2) is 48.7 Å². The molecule has 0 radical (unpaired) electrons. The Labute approximate surface area is 215 Å². The molecular formula is C26H28FN5O4S. The van der Waals surface area contributed by atoms with Gasteiger partial charge in [0.1, 0.15) is 24.2 Å². The standard InChI is InChI=1S/C26H28FN5O4S/c1-26(2,20-10-18(12-28)24(23(27)11-20)32-13-17(14-32)15-33)19-4-6-22(7-5-19)36-16-21-8-9-29-25(30-21)31-37(3,34)35/h4-11,17,33H,13-16H2,1-3H3,(H,29,30,31). The minimum Gasteiger partial charge on any atom is -0.487 e. The van der Waals surface area contributed by atoms with E-state index in [-0.39, 0.29) is 36.3 Å². The summed E-state index contributed by atoms with van der Waals surface area (Å²) >= 11 is 0. The highest BCUT2D eigenvalue weighted by molar-refractivity contribution is 7.91. The van der Waals surface area contributed by atoms with Crippen LogP contribution in [0.3, 0.4) is 0 Å². The van der Waals surface area contributed by atoms with Crippen LogP contribution in [0.5, 0.6) is 5.75 Å². The second-order valence-corrected chi connectivity index (χ2v) is 11.4. The molecule has 2 N–H and O–H groups in total. The zero-order valence-electron chi connectivity index (χ0n) is 20.8. The largest absolute Gasteiger partial charge is 0.487 e. The van der Waals surface area contributed by atoms with Gasteiger partial charge < -0.3 is 14.7 Å². The average Bonchev–Trinajstić information content (AvgIpc) is 2.82. The van der Waals surface area contributed by atoms with Crippen molar-refractivity contribution in [1.82, 2.24) is 9.97 Å². The van der Waals surface area contributed by atoms with Gasteiger partial charge in [-0.1, -0.05) is 26.0 Å². The number of nitrogens with zero attached hydrogens (tertiary/aromatic N) is 4. The maximum Gasteiger partial charge on any atom is 0.236 e. The number of anilines is 2. The number of aliphatic hydroxyl groups excluding tert-OH is 1. The van der Waals surface area contributed by atoms with E-state index in [4.69, 9.17) is 4.74 Å². The van der Waals surface area contributed by atoms with Gasteiger partial charge in [-0.2, -0.15) is 5.26 Å². The normalized spacial score (nSPS) is 14.1. The number of aliphatic hydroxyl groups is 1. The number of ether oxygens (including phenoxy) is 1. The molecule has 11 heteroatoms. The zero-order valence-corrected chi connectivity index (χ0v) is 21.6. The number of hydrogen-bond acceptors (Lipinski definition) is 8. The quantitative estimate of drug-likeness (QED) is 0.436. The van der Waals surface area contributed by atoms with E-state index in [1.807, 2.05) is 26.0 Å². The number of hydrogen-bond donors (Lipinski definition) is 2. The first-order chi connectivity index (χ1) is 17.5. The Kier molecular flexibility index (Phi) is 7.34. The van der Waals surface area contributed by atoms with Gasteiger partial charge in [-0.05, 0) is 41.5 Å². The molecule has 0 spiro atoms. The van der Waals surface area contributed by atoms with Gasteiger partial charge in [0.05, 0.1) is 23.2 Å². The van der Waals surface area contributed by atoms with Crippen LogP contribution >= 0.6 is 0 Å². The van der Waals surface area contributed by atoms with Gasteiger partial charge in [-0.3, -0.25) is 4.72 Å². The minimum atomic E-state index is -3.49. The van der Waals surface area contributed by atoms with Crippen molar-refractivity contribution in [2.45, 2.75) is 25.9 Å². The van der Waals surface area contributed by atoms with E-state index in [1.54, 1.807) is 29.2 Å². The third kappa shape index (κ3) is 5.98. The van der Waals surface area contributed by atoms with E-state index in [0.717, 1.165) is 11.8 Å². The monoisotopic (exact) mass is 525 g/mol. The molecule has 4 rings (SSSR count). The van der Waals surface area contributed by atoms with E-state index in [1.165, 1.54) is 12.3 Å². The summed E-state index contributed by atoms with van der Waals surface area (Å²) in [4.78, 5) is 9.80. The molecule has 0 amide bonds. The number of nitriles is 1. The lowest BCUT2D eigenvalue weighted by Crippen LogP contribution is -2.49. The van der Waals surface area contributed by atoms with E-state index in [0.29, 0.717) is 30.1 Å². The Bertz CT molecular complexity index is 1430. The maximum absolute atomic E-state index is 15.2. The summed E-state index contributed by atoms with van der Waals surface area (Å²) in [6.45, 7) is 5.12. The van der Waals surface area contributed by atoms with Crippen LogP contribution in [0, 0.1) is 23.1 Å². The summed E-state index contributed by atoms with van der Waals surface area (Å²) in [6, 6.07) is 14.3. The molecule has 3 aromatic rings. The third-order valence-electron chi connectivity index (χ3n) is 6.39. The van der Waals surface area contributed by atoms with E-state index < -0.39 is 21.3 Å². The Hall–Kier alpha value is -3.75. The van der Waals surface area contributed by atoms with E-state index in [9.17, 15) is 18.8 Å². The van der Waals surface area contributed by atoms with Gasteiger partial charge in [0.15, 0.2) is 0 Å². The van der Waals surface area contributed by atoms with Crippen molar-refractivity contribution in [3.8, 4) is 11.8 Å². The van der Waals surface area contributed by atoms with Gasteiger partial charge in [0.25, 0.3) is 0 Å². The fourth-order valence-electron chi connectivity index (χ4n) is 4.22. The average molecular weight is 526 g/mol. The first-order valence-electron chi connectivity index (χ1n) is 11.6. The van der Waals surface area contributed by atoms with Crippen LogP contribution in [0.25, 0.3) is 0 Å². The summed E-state index contributed by atoms with van der Waals surface area (Å²) in [7, 11) is -3.49. The Balaban J connectivity index is 1.48. The van der Waals surface area contributed by atoms with Crippen LogP contribution in [-0.4, -0.2) is 49.4 Å². The fourth-order valence-corrected chi connectivity index (χ4v) is 4.65. The van der Waals surface area contributed by atoms with Crippen LogP contribution in [-0.2, 0) is 22.0 Å². The summed E-state index contributed by atoms with van der Waals surface area (Å²) in [6.07, 6.45) is 2.46. The molecule has 1 aliphatic heterocycles. The second kappa shape index (κ2) is 10.3. The lowest BCUT2D eigenvalue weighted by atomic mass is 9.77. The van der Waals surface area contributed by atoms with E-state index >= 15 is 4.39 Å².